The van der Waals surface area contributed by atoms with Gasteiger partial charge in [-0.15, -0.1) is 0 Å². The predicted molar refractivity (Wildman–Crippen MR) is 58.4 cm³/mol. The summed E-state index contributed by atoms with van der Waals surface area (Å²) in [5.41, 5.74) is -0.705. The third kappa shape index (κ3) is 2.23. The Morgan fingerprint density at radius 2 is 2.07 bits per heavy atom. The molecule has 1 aliphatic carbocycles. The lowest BCUT2D eigenvalue weighted by molar-refractivity contribution is -0.139. The fourth-order valence-electron chi connectivity index (χ4n) is 1.73. The highest BCUT2D eigenvalue weighted by molar-refractivity contribution is 6.11. The van der Waals surface area contributed by atoms with E-state index >= 15 is 0 Å². The molecule has 0 saturated carbocycles. The van der Waals surface area contributed by atoms with E-state index in [1.165, 1.54) is 6.92 Å². The molecule has 0 fully saturated rings. The zero-order chi connectivity index (χ0) is 11.6. The summed E-state index contributed by atoms with van der Waals surface area (Å²) >= 11 is 0. The largest absolute Gasteiger partial charge is 0.491 e. The number of hydrogen-bond acceptors (Lipinski definition) is 3. The van der Waals surface area contributed by atoms with Gasteiger partial charge >= 0.3 is 0 Å². The Morgan fingerprint density at radius 1 is 1.47 bits per heavy atom. The van der Waals surface area contributed by atoms with Crippen LogP contribution in [0.15, 0.2) is 11.3 Å². The van der Waals surface area contributed by atoms with E-state index in [1.807, 2.05) is 13.8 Å². The van der Waals surface area contributed by atoms with E-state index in [4.69, 9.17) is 4.74 Å². The Kier molecular flexibility index (Phi) is 3.55. The summed E-state index contributed by atoms with van der Waals surface area (Å²) in [5, 5.41) is 9.83. The van der Waals surface area contributed by atoms with Crippen LogP contribution in [-0.4, -0.2) is 22.6 Å². The number of ketones is 1. The molecule has 0 bridgehead atoms. The Bertz CT molecular complexity index is 287. The fourth-order valence-corrected chi connectivity index (χ4v) is 1.73. The minimum absolute atomic E-state index is 0.00352. The van der Waals surface area contributed by atoms with E-state index in [0.29, 0.717) is 17.8 Å². The van der Waals surface area contributed by atoms with Crippen molar-refractivity contribution in [2.75, 3.05) is 0 Å². The molecular formula is C12H20O3. The molecule has 86 valence electrons. The Morgan fingerprint density at radius 3 is 2.53 bits per heavy atom. The van der Waals surface area contributed by atoms with Crippen LogP contribution in [0.4, 0.5) is 0 Å². The van der Waals surface area contributed by atoms with E-state index in [1.54, 1.807) is 0 Å². The van der Waals surface area contributed by atoms with Crippen molar-refractivity contribution >= 4 is 5.78 Å². The minimum atomic E-state index is -1.38. The molecule has 0 spiro atoms. The average molecular weight is 212 g/mol. The topological polar surface area (TPSA) is 46.5 Å². The lowest BCUT2D eigenvalue weighted by Gasteiger charge is -2.37. The van der Waals surface area contributed by atoms with E-state index < -0.39 is 5.60 Å². The first-order valence-corrected chi connectivity index (χ1v) is 5.58. The first-order valence-electron chi connectivity index (χ1n) is 5.58. The molecule has 1 atom stereocenters. The molecule has 1 rings (SSSR count). The van der Waals surface area contributed by atoms with Gasteiger partial charge in [-0.2, -0.15) is 0 Å². The van der Waals surface area contributed by atoms with Crippen LogP contribution in [0.3, 0.4) is 0 Å². The second kappa shape index (κ2) is 4.35. The van der Waals surface area contributed by atoms with Crippen LogP contribution in [0.5, 0.6) is 0 Å². The Balaban J connectivity index is 2.81. The molecule has 0 saturated heterocycles. The number of Topliss-reactive ketones (excluding diaryl/α,β-unsaturated/α-hetero) is 1. The third-order valence-electron chi connectivity index (χ3n) is 2.57. The van der Waals surface area contributed by atoms with E-state index in [9.17, 15) is 9.90 Å². The number of carbonyl (C=O) groups is 1. The number of ether oxygens (including phenoxy) is 1. The third-order valence-corrected chi connectivity index (χ3v) is 2.57. The SMILES string of the molecule is CCCCC1=C(OC(C)C)C(C)(O)C1=O. The van der Waals surface area contributed by atoms with Crippen LogP contribution in [0, 0.1) is 0 Å². The number of aliphatic hydroxyl groups is 1. The van der Waals surface area contributed by atoms with Crippen LogP contribution < -0.4 is 0 Å². The van der Waals surface area contributed by atoms with Crippen LogP contribution >= 0.6 is 0 Å². The Labute approximate surface area is 91.1 Å². The van der Waals surface area contributed by atoms with Crippen LogP contribution in [0.1, 0.15) is 47.0 Å². The molecular weight excluding hydrogens is 192 g/mol. The maximum absolute atomic E-state index is 11.6. The maximum Gasteiger partial charge on any atom is 0.201 e. The van der Waals surface area contributed by atoms with Crippen molar-refractivity contribution in [3.63, 3.8) is 0 Å². The predicted octanol–water partition coefficient (Wildman–Crippen LogP) is 2.19. The van der Waals surface area contributed by atoms with Crippen molar-refractivity contribution in [3.05, 3.63) is 11.3 Å². The zero-order valence-corrected chi connectivity index (χ0v) is 9.96. The molecule has 1 N–H and O–H groups in total. The van der Waals surface area contributed by atoms with E-state index in [2.05, 4.69) is 6.92 Å². The van der Waals surface area contributed by atoms with Gasteiger partial charge in [-0.05, 0) is 33.6 Å². The van der Waals surface area contributed by atoms with Gasteiger partial charge in [0.25, 0.3) is 0 Å². The summed E-state index contributed by atoms with van der Waals surface area (Å²) in [6.07, 6.45) is 2.71. The van der Waals surface area contributed by atoms with Gasteiger partial charge in [0, 0.05) is 5.57 Å². The average Bonchev–Trinajstić information content (AvgIpc) is 2.16. The van der Waals surface area contributed by atoms with Gasteiger partial charge in [-0.25, -0.2) is 0 Å². The lowest BCUT2D eigenvalue weighted by atomic mass is 9.77. The summed E-state index contributed by atoms with van der Waals surface area (Å²) in [6, 6.07) is 0. The number of hydrogen-bond donors (Lipinski definition) is 1. The van der Waals surface area contributed by atoms with Crippen molar-refractivity contribution in [1.29, 1.82) is 0 Å². The van der Waals surface area contributed by atoms with Crippen LogP contribution in [-0.2, 0) is 9.53 Å². The number of rotatable bonds is 5. The molecule has 0 heterocycles. The van der Waals surface area contributed by atoms with Crippen molar-refractivity contribution < 1.29 is 14.6 Å². The van der Waals surface area contributed by atoms with Crippen molar-refractivity contribution in [2.24, 2.45) is 0 Å². The van der Waals surface area contributed by atoms with E-state index in [-0.39, 0.29) is 11.9 Å². The molecule has 3 heteroatoms. The smallest absolute Gasteiger partial charge is 0.201 e. The summed E-state index contributed by atoms with van der Waals surface area (Å²) in [7, 11) is 0. The van der Waals surface area contributed by atoms with Crippen molar-refractivity contribution in [3.8, 4) is 0 Å². The molecule has 15 heavy (non-hydrogen) atoms. The zero-order valence-electron chi connectivity index (χ0n) is 9.96. The van der Waals surface area contributed by atoms with Gasteiger partial charge in [-0.3, -0.25) is 4.79 Å². The highest BCUT2D eigenvalue weighted by atomic mass is 16.5. The second-order valence-electron chi connectivity index (χ2n) is 4.48. The van der Waals surface area contributed by atoms with Gasteiger partial charge in [0.1, 0.15) is 5.76 Å². The number of unbranched alkanes of at least 4 members (excludes halogenated alkanes) is 1. The molecule has 0 aliphatic heterocycles. The molecule has 0 aromatic carbocycles. The van der Waals surface area contributed by atoms with Crippen molar-refractivity contribution in [1.82, 2.24) is 0 Å². The highest BCUT2D eigenvalue weighted by Gasteiger charge is 2.50. The molecule has 0 aromatic rings. The molecule has 3 nitrogen and oxygen atoms in total. The van der Waals surface area contributed by atoms with E-state index in [0.717, 1.165) is 12.8 Å². The molecule has 0 aromatic heterocycles. The second-order valence-corrected chi connectivity index (χ2v) is 4.48. The summed E-state index contributed by atoms with van der Waals surface area (Å²) in [6.45, 7) is 7.36. The van der Waals surface area contributed by atoms with Gasteiger partial charge in [0.05, 0.1) is 6.10 Å². The first-order chi connectivity index (χ1) is 6.91. The minimum Gasteiger partial charge on any atom is -0.491 e. The maximum atomic E-state index is 11.6. The summed E-state index contributed by atoms with van der Waals surface area (Å²) in [5.74, 6) is 0.308. The summed E-state index contributed by atoms with van der Waals surface area (Å²) in [4.78, 5) is 11.6. The fraction of sp³-hybridized carbons (Fsp3) is 0.750. The Hall–Kier alpha value is -0.830. The van der Waals surface area contributed by atoms with Gasteiger partial charge in [-0.1, -0.05) is 13.3 Å². The van der Waals surface area contributed by atoms with Crippen LogP contribution in [0.2, 0.25) is 0 Å². The summed E-state index contributed by atoms with van der Waals surface area (Å²) < 4.78 is 5.49. The molecule has 0 amide bonds. The monoisotopic (exact) mass is 212 g/mol. The molecule has 0 radical (unpaired) electrons. The molecule has 1 unspecified atom stereocenters. The van der Waals surface area contributed by atoms with Gasteiger partial charge in [0.2, 0.25) is 5.78 Å². The van der Waals surface area contributed by atoms with Crippen molar-refractivity contribution in [2.45, 2.75) is 58.7 Å². The quantitative estimate of drug-likeness (QED) is 0.759. The lowest BCUT2D eigenvalue weighted by Crippen LogP contribution is -2.49. The molecule has 1 aliphatic rings. The standard InChI is InChI=1S/C12H20O3/c1-5-6-7-9-10(13)12(4,14)11(9)15-8(2)3/h8,14H,5-7H2,1-4H3. The normalized spacial score (nSPS) is 25.9. The first kappa shape index (κ1) is 12.2. The highest BCUT2D eigenvalue weighted by Crippen LogP contribution is 2.38. The van der Waals surface area contributed by atoms with Gasteiger partial charge in [0.15, 0.2) is 5.60 Å². The number of carbonyl (C=O) groups excluding carboxylic acids is 1. The van der Waals surface area contributed by atoms with Crippen LogP contribution in [0.25, 0.3) is 0 Å². The van der Waals surface area contributed by atoms with Gasteiger partial charge < -0.3 is 9.84 Å².